The fraction of sp³-hybridized carbons (Fsp3) is 0.923. The van der Waals surface area contributed by atoms with E-state index in [1.807, 2.05) is 4.90 Å². The van der Waals surface area contributed by atoms with Gasteiger partial charge in [-0.15, -0.1) is 12.4 Å². The highest BCUT2D eigenvalue weighted by atomic mass is 35.5. The zero-order valence-corrected chi connectivity index (χ0v) is 12.2. The first-order valence-electron chi connectivity index (χ1n) is 6.67. The van der Waals surface area contributed by atoms with E-state index in [0.717, 1.165) is 45.6 Å². The zero-order chi connectivity index (χ0) is 12.3. The van der Waals surface area contributed by atoms with Crippen LogP contribution in [0.3, 0.4) is 0 Å². The standard InChI is InChI=1S/C13H24N2O2.ClH/c1-13(2)3-6-15(7-4-13)12(16)9-11-10-14-5-8-17-11;/h11,14H,3-10H2,1-2H3;1H. The van der Waals surface area contributed by atoms with Crippen molar-refractivity contribution in [3.05, 3.63) is 0 Å². The lowest BCUT2D eigenvalue weighted by atomic mass is 9.82. The summed E-state index contributed by atoms with van der Waals surface area (Å²) in [5.41, 5.74) is 0.402. The van der Waals surface area contributed by atoms with E-state index in [2.05, 4.69) is 19.2 Å². The van der Waals surface area contributed by atoms with Crippen molar-refractivity contribution >= 4 is 18.3 Å². The molecule has 1 unspecified atom stereocenters. The third kappa shape index (κ3) is 4.41. The van der Waals surface area contributed by atoms with Crippen molar-refractivity contribution in [1.29, 1.82) is 0 Å². The Morgan fingerprint density at radius 1 is 1.39 bits per heavy atom. The average Bonchev–Trinajstić information content (AvgIpc) is 2.30. The van der Waals surface area contributed by atoms with Gasteiger partial charge in [-0.1, -0.05) is 13.8 Å². The number of morpholine rings is 1. The molecule has 0 aromatic heterocycles. The number of carbonyl (C=O) groups is 1. The molecule has 0 bridgehead atoms. The summed E-state index contributed by atoms with van der Waals surface area (Å²) in [7, 11) is 0. The van der Waals surface area contributed by atoms with Crippen molar-refractivity contribution in [3.63, 3.8) is 0 Å². The van der Waals surface area contributed by atoms with Gasteiger partial charge in [0.2, 0.25) is 5.91 Å². The fourth-order valence-corrected chi connectivity index (χ4v) is 2.44. The quantitative estimate of drug-likeness (QED) is 0.830. The van der Waals surface area contributed by atoms with Gasteiger partial charge in [-0.2, -0.15) is 0 Å². The van der Waals surface area contributed by atoms with Crippen LogP contribution < -0.4 is 5.32 Å². The van der Waals surface area contributed by atoms with Crippen LogP contribution in [0.5, 0.6) is 0 Å². The number of amides is 1. The molecule has 0 aliphatic carbocycles. The predicted octanol–water partition coefficient (Wildman–Crippen LogP) is 1.44. The second kappa shape index (κ2) is 6.73. The summed E-state index contributed by atoms with van der Waals surface area (Å²) in [5, 5.41) is 3.26. The molecule has 0 saturated carbocycles. The summed E-state index contributed by atoms with van der Waals surface area (Å²) in [6.45, 7) is 8.82. The summed E-state index contributed by atoms with van der Waals surface area (Å²) >= 11 is 0. The first kappa shape index (κ1) is 15.7. The van der Waals surface area contributed by atoms with Crippen LogP contribution in [0.1, 0.15) is 33.1 Å². The molecular weight excluding hydrogens is 252 g/mol. The lowest BCUT2D eigenvalue weighted by Crippen LogP contribution is -2.45. The molecule has 5 heteroatoms. The molecule has 2 aliphatic rings. The zero-order valence-electron chi connectivity index (χ0n) is 11.4. The highest BCUT2D eigenvalue weighted by Gasteiger charge is 2.29. The maximum atomic E-state index is 12.1. The Kier molecular flexibility index (Phi) is 5.89. The van der Waals surface area contributed by atoms with Crippen LogP contribution in [0, 0.1) is 5.41 Å². The van der Waals surface area contributed by atoms with Crippen LogP contribution in [-0.4, -0.2) is 49.7 Å². The third-order valence-corrected chi connectivity index (χ3v) is 3.88. The molecule has 2 fully saturated rings. The van der Waals surface area contributed by atoms with Gasteiger partial charge in [0.05, 0.1) is 19.1 Å². The molecule has 2 heterocycles. The van der Waals surface area contributed by atoms with E-state index >= 15 is 0 Å². The molecule has 4 nitrogen and oxygen atoms in total. The van der Waals surface area contributed by atoms with E-state index in [1.165, 1.54) is 0 Å². The minimum Gasteiger partial charge on any atom is -0.375 e. The van der Waals surface area contributed by atoms with Crippen molar-refractivity contribution in [2.45, 2.75) is 39.2 Å². The first-order valence-corrected chi connectivity index (χ1v) is 6.67. The molecule has 18 heavy (non-hydrogen) atoms. The Bertz CT molecular complexity index is 268. The van der Waals surface area contributed by atoms with Crippen LogP contribution in [-0.2, 0) is 9.53 Å². The summed E-state index contributed by atoms with van der Waals surface area (Å²) in [5.74, 6) is 0.259. The summed E-state index contributed by atoms with van der Waals surface area (Å²) in [4.78, 5) is 14.1. The number of piperidine rings is 1. The van der Waals surface area contributed by atoms with Gasteiger partial charge >= 0.3 is 0 Å². The summed E-state index contributed by atoms with van der Waals surface area (Å²) < 4.78 is 5.57. The molecular formula is C13H25ClN2O2. The van der Waals surface area contributed by atoms with Gasteiger partial charge in [-0.3, -0.25) is 4.79 Å². The van der Waals surface area contributed by atoms with Crippen LogP contribution in [0.15, 0.2) is 0 Å². The number of rotatable bonds is 2. The van der Waals surface area contributed by atoms with Gasteiger partial charge in [0, 0.05) is 26.2 Å². The third-order valence-electron chi connectivity index (χ3n) is 3.88. The fourth-order valence-electron chi connectivity index (χ4n) is 2.44. The largest absolute Gasteiger partial charge is 0.375 e. The van der Waals surface area contributed by atoms with E-state index < -0.39 is 0 Å². The first-order chi connectivity index (χ1) is 8.07. The second-order valence-electron chi connectivity index (χ2n) is 5.95. The minimum absolute atomic E-state index is 0. The van der Waals surface area contributed by atoms with Crippen LogP contribution in [0.2, 0.25) is 0 Å². The van der Waals surface area contributed by atoms with Gasteiger partial charge in [0.15, 0.2) is 0 Å². The van der Waals surface area contributed by atoms with Gasteiger partial charge in [0.25, 0.3) is 0 Å². The van der Waals surface area contributed by atoms with Gasteiger partial charge < -0.3 is 15.0 Å². The smallest absolute Gasteiger partial charge is 0.225 e. The number of likely N-dealkylation sites (tertiary alicyclic amines) is 1. The lowest BCUT2D eigenvalue weighted by Gasteiger charge is -2.37. The lowest BCUT2D eigenvalue weighted by molar-refractivity contribution is -0.136. The van der Waals surface area contributed by atoms with E-state index in [9.17, 15) is 4.79 Å². The number of hydrogen-bond acceptors (Lipinski definition) is 3. The van der Waals surface area contributed by atoms with Crippen LogP contribution in [0.25, 0.3) is 0 Å². The van der Waals surface area contributed by atoms with E-state index in [0.29, 0.717) is 11.8 Å². The highest BCUT2D eigenvalue weighted by molar-refractivity contribution is 5.85. The maximum Gasteiger partial charge on any atom is 0.225 e. The summed E-state index contributed by atoms with van der Waals surface area (Å²) in [6, 6.07) is 0. The van der Waals surface area contributed by atoms with Crippen molar-refractivity contribution in [1.82, 2.24) is 10.2 Å². The van der Waals surface area contributed by atoms with Crippen molar-refractivity contribution in [2.75, 3.05) is 32.8 Å². The molecule has 2 rings (SSSR count). The molecule has 2 saturated heterocycles. The topological polar surface area (TPSA) is 41.6 Å². The average molecular weight is 277 g/mol. The van der Waals surface area contributed by atoms with Crippen LogP contribution >= 0.6 is 12.4 Å². The minimum atomic E-state index is 0. The Balaban J connectivity index is 0.00000162. The molecule has 0 spiro atoms. The van der Waals surface area contributed by atoms with Crippen molar-refractivity contribution in [2.24, 2.45) is 5.41 Å². The molecule has 1 atom stereocenters. The Hall–Kier alpha value is -0.320. The molecule has 0 aromatic rings. The van der Waals surface area contributed by atoms with Gasteiger partial charge in [0.1, 0.15) is 0 Å². The second-order valence-corrected chi connectivity index (χ2v) is 5.95. The molecule has 0 aromatic carbocycles. The van der Waals surface area contributed by atoms with Gasteiger partial charge in [-0.25, -0.2) is 0 Å². The molecule has 1 amide bonds. The van der Waals surface area contributed by atoms with E-state index in [4.69, 9.17) is 4.74 Å². The van der Waals surface area contributed by atoms with Crippen molar-refractivity contribution in [3.8, 4) is 0 Å². The SMILES string of the molecule is CC1(C)CCN(C(=O)CC2CNCCO2)CC1.Cl. The van der Waals surface area contributed by atoms with Crippen molar-refractivity contribution < 1.29 is 9.53 Å². The molecule has 1 N–H and O–H groups in total. The summed E-state index contributed by atoms with van der Waals surface area (Å²) in [6.07, 6.45) is 2.84. The number of carbonyl (C=O) groups excluding carboxylic acids is 1. The maximum absolute atomic E-state index is 12.1. The number of ether oxygens (including phenoxy) is 1. The number of nitrogens with one attached hydrogen (secondary N) is 1. The van der Waals surface area contributed by atoms with E-state index in [-0.39, 0.29) is 24.4 Å². The normalized spacial score (nSPS) is 27.4. The monoisotopic (exact) mass is 276 g/mol. The Labute approximate surface area is 116 Å². The Morgan fingerprint density at radius 2 is 2.06 bits per heavy atom. The predicted molar refractivity (Wildman–Crippen MR) is 74.1 cm³/mol. The number of hydrogen-bond donors (Lipinski definition) is 1. The molecule has 0 radical (unpaired) electrons. The number of nitrogens with zero attached hydrogens (tertiary/aromatic N) is 1. The van der Waals surface area contributed by atoms with Crippen LogP contribution in [0.4, 0.5) is 0 Å². The van der Waals surface area contributed by atoms with Gasteiger partial charge in [-0.05, 0) is 18.3 Å². The molecule has 2 aliphatic heterocycles. The Morgan fingerprint density at radius 3 is 2.61 bits per heavy atom. The highest BCUT2D eigenvalue weighted by Crippen LogP contribution is 2.29. The number of halogens is 1. The molecule has 106 valence electrons. The van der Waals surface area contributed by atoms with E-state index in [1.54, 1.807) is 0 Å².